The quantitative estimate of drug-likeness (QED) is 0.582. The van der Waals surface area contributed by atoms with Crippen LogP contribution >= 0.6 is 0 Å². The molecule has 1 aromatic rings. The smallest absolute Gasteiger partial charge is 0.0792 e. The molecule has 0 spiro atoms. The molecule has 0 saturated heterocycles. The van der Waals surface area contributed by atoms with Crippen molar-refractivity contribution >= 4 is 0 Å². The molecule has 2 atom stereocenters. The summed E-state index contributed by atoms with van der Waals surface area (Å²) in [7, 11) is 0. The molecule has 1 N–H and O–H groups in total. The van der Waals surface area contributed by atoms with Crippen LogP contribution in [0.25, 0.3) is 0 Å². The van der Waals surface area contributed by atoms with Crippen LogP contribution in [0.2, 0.25) is 0 Å². The summed E-state index contributed by atoms with van der Waals surface area (Å²) in [5, 5.41) is 3.68. The molecule has 1 aromatic carbocycles. The minimum Gasteiger partial charge on any atom is -0.376 e. The van der Waals surface area contributed by atoms with Crippen LogP contribution in [0.5, 0.6) is 0 Å². The monoisotopic (exact) mass is 291 g/mol. The van der Waals surface area contributed by atoms with E-state index in [9.17, 15) is 0 Å². The molecule has 0 aliphatic rings. The fraction of sp³-hybridized carbons (Fsp3) is 0.684. The van der Waals surface area contributed by atoms with Crippen LogP contribution in [-0.2, 0) is 4.74 Å². The first-order chi connectivity index (χ1) is 10.2. The molecule has 2 unspecified atom stereocenters. The van der Waals surface area contributed by atoms with Gasteiger partial charge in [-0.25, -0.2) is 0 Å². The highest BCUT2D eigenvalue weighted by molar-refractivity contribution is 5.20. The van der Waals surface area contributed by atoms with Crippen LogP contribution in [0.4, 0.5) is 0 Å². The second-order valence-corrected chi connectivity index (χ2v) is 6.13. The third-order valence-electron chi connectivity index (χ3n) is 3.82. The summed E-state index contributed by atoms with van der Waals surface area (Å²) >= 11 is 0. The van der Waals surface area contributed by atoms with E-state index >= 15 is 0 Å². The average molecular weight is 291 g/mol. The zero-order valence-electron chi connectivity index (χ0n) is 14.3. The maximum absolute atomic E-state index is 6.26. The Morgan fingerprint density at radius 2 is 1.71 bits per heavy atom. The molecular weight excluding hydrogens is 258 g/mol. The summed E-state index contributed by atoms with van der Waals surface area (Å²) in [6, 6.07) is 11.0. The fourth-order valence-electron chi connectivity index (χ4n) is 2.63. The number of rotatable bonds is 11. The first-order valence-electron chi connectivity index (χ1n) is 8.60. The molecule has 2 nitrogen and oxygen atoms in total. The summed E-state index contributed by atoms with van der Waals surface area (Å²) < 4.78 is 6.26. The molecule has 120 valence electrons. The van der Waals surface area contributed by atoms with Gasteiger partial charge in [-0.1, -0.05) is 70.9 Å². The Balaban J connectivity index is 2.75. The summed E-state index contributed by atoms with van der Waals surface area (Å²) in [5.74, 6) is 0.501. The van der Waals surface area contributed by atoms with Gasteiger partial charge in [0.1, 0.15) is 0 Å². The van der Waals surface area contributed by atoms with E-state index in [-0.39, 0.29) is 12.1 Å². The molecule has 0 amide bonds. The number of nitrogens with one attached hydrogen (secondary N) is 1. The Hall–Kier alpha value is -0.860. The second-order valence-electron chi connectivity index (χ2n) is 6.13. The normalized spacial score (nSPS) is 14.3. The van der Waals surface area contributed by atoms with Crippen LogP contribution in [0.3, 0.4) is 0 Å². The summed E-state index contributed by atoms with van der Waals surface area (Å²) in [5.41, 5.74) is 1.33. The van der Waals surface area contributed by atoms with E-state index in [1.165, 1.54) is 18.4 Å². The van der Waals surface area contributed by atoms with Gasteiger partial charge in [0.25, 0.3) is 0 Å². The predicted octanol–water partition coefficient (Wildman–Crippen LogP) is 4.96. The largest absolute Gasteiger partial charge is 0.376 e. The van der Waals surface area contributed by atoms with Gasteiger partial charge in [0, 0.05) is 6.61 Å². The molecule has 0 bridgehead atoms. The lowest BCUT2D eigenvalue weighted by molar-refractivity contribution is -0.00588. The fourth-order valence-corrected chi connectivity index (χ4v) is 2.63. The van der Waals surface area contributed by atoms with E-state index in [1.54, 1.807) is 0 Å². The third-order valence-corrected chi connectivity index (χ3v) is 3.82. The molecule has 1 rings (SSSR count). The van der Waals surface area contributed by atoms with Crippen LogP contribution in [0.15, 0.2) is 30.3 Å². The average Bonchev–Trinajstić information content (AvgIpc) is 2.50. The Labute approximate surface area is 131 Å². The topological polar surface area (TPSA) is 21.3 Å². The molecule has 0 radical (unpaired) electrons. The number of hydrogen-bond donors (Lipinski definition) is 1. The molecular formula is C19H33NO. The molecule has 0 heterocycles. The van der Waals surface area contributed by atoms with Crippen molar-refractivity contribution in [2.45, 2.75) is 65.5 Å². The van der Waals surface area contributed by atoms with Gasteiger partial charge >= 0.3 is 0 Å². The highest BCUT2D eigenvalue weighted by atomic mass is 16.5. The van der Waals surface area contributed by atoms with Gasteiger partial charge in [-0.3, -0.25) is 0 Å². The lowest BCUT2D eigenvalue weighted by Crippen LogP contribution is -2.38. The summed E-state index contributed by atoms with van der Waals surface area (Å²) in [4.78, 5) is 0. The van der Waals surface area contributed by atoms with Gasteiger partial charge < -0.3 is 10.1 Å². The lowest BCUT2D eigenvalue weighted by atomic mass is 9.93. The SMILES string of the molecule is CCCCCOC(C(C)C)C(NCCC)c1ccccc1. The van der Waals surface area contributed by atoms with Gasteiger partial charge in [-0.05, 0) is 30.9 Å². The Kier molecular flexibility index (Phi) is 9.36. The van der Waals surface area contributed by atoms with Crippen molar-refractivity contribution in [2.75, 3.05) is 13.2 Å². The van der Waals surface area contributed by atoms with Crippen molar-refractivity contribution in [1.29, 1.82) is 0 Å². The Morgan fingerprint density at radius 1 is 1.00 bits per heavy atom. The first kappa shape index (κ1) is 18.2. The molecule has 0 fully saturated rings. The molecule has 0 aliphatic carbocycles. The van der Waals surface area contributed by atoms with Crippen molar-refractivity contribution in [3.05, 3.63) is 35.9 Å². The van der Waals surface area contributed by atoms with Crippen molar-refractivity contribution in [3.63, 3.8) is 0 Å². The van der Waals surface area contributed by atoms with Crippen molar-refractivity contribution < 1.29 is 4.74 Å². The van der Waals surface area contributed by atoms with E-state index in [0.717, 1.165) is 26.0 Å². The molecule has 21 heavy (non-hydrogen) atoms. The number of ether oxygens (including phenoxy) is 1. The maximum Gasteiger partial charge on any atom is 0.0792 e. The molecule has 0 aromatic heterocycles. The summed E-state index contributed by atoms with van der Waals surface area (Å²) in [6.07, 6.45) is 5.03. The minimum atomic E-state index is 0.232. The zero-order valence-corrected chi connectivity index (χ0v) is 14.3. The van der Waals surface area contributed by atoms with Crippen molar-refractivity contribution in [1.82, 2.24) is 5.32 Å². The Morgan fingerprint density at radius 3 is 2.29 bits per heavy atom. The third kappa shape index (κ3) is 6.62. The maximum atomic E-state index is 6.26. The standard InChI is InChI=1S/C19H33NO/c1-5-7-11-15-21-19(16(3)4)18(20-14-6-2)17-12-9-8-10-13-17/h8-10,12-13,16,18-20H,5-7,11,14-15H2,1-4H3. The number of unbranched alkanes of at least 4 members (excludes halogenated alkanes) is 2. The lowest BCUT2D eigenvalue weighted by Gasteiger charge is -2.31. The van der Waals surface area contributed by atoms with Gasteiger partial charge in [-0.15, -0.1) is 0 Å². The first-order valence-corrected chi connectivity index (χ1v) is 8.60. The van der Waals surface area contributed by atoms with Gasteiger partial charge in [0.05, 0.1) is 12.1 Å². The van der Waals surface area contributed by atoms with E-state index in [4.69, 9.17) is 4.74 Å². The van der Waals surface area contributed by atoms with E-state index in [1.807, 2.05) is 0 Å². The second kappa shape index (κ2) is 10.8. The number of benzene rings is 1. The minimum absolute atomic E-state index is 0.232. The molecule has 0 saturated carbocycles. The molecule has 2 heteroatoms. The van der Waals surface area contributed by atoms with E-state index < -0.39 is 0 Å². The van der Waals surface area contributed by atoms with Gasteiger partial charge in [0.2, 0.25) is 0 Å². The van der Waals surface area contributed by atoms with Crippen LogP contribution < -0.4 is 5.32 Å². The zero-order chi connectivity index (χ0) is 15.5. The van der Waals surface area contributed by atoms with Crippen LogP contribution in [-0.4, -0.2) is 19.3 Å². The van der Waals surface area contributed by atoms with Gasteiger partial charge in [-0.2, -0.15) is 0 Å². The highest BCUT2D eigenvalue weighted by Crippen LogP contribution is 2.25. The molecule has 0 aliphatic heterocycles. The van der Waals surface area contributed by atoms with Crippen LogP contribution in [0, 0.1) is 5.92 Å². The highest BCUT2D eigenvalue weighted by Gasteiger charge is 2.26. The van der Waals surface area contributed by atoms with Gasteiger partial charge in [0.15, 0.2) is 0 Å². The Bertz CT molecular complexity index is 350. The van der Waals surface area contributed by atoms with Crippen molar-refractivity contribution in [2.24, 2.45) is 5.92 Å². The van der Waals surface area contributed by atoms with Crippen molar-refractivity contribution in [3.8, 4) is 0 Å². The predicted molar refractivity (Wildman–Crippen MR) is 91.6 cm³/mol. The number of hydrogen-bond acceptors (Lipinski definition) is 2. The summed E-state index contributed by atoms with van der Waals surface area (Å²) in [6.45, 7) is 10.9. The van der Waals surface area contributed by atoms with E-state index in [0.29, 0.717) is 5.92 Å². The van der Waals surface area contributed by atoms with Crippen LogP contribution in [0.1, 0.15) is 65.0 Å². The van der Waals surface area contributed by atoms with E-state index in [2.05, 4.69) is 63.3 Å².